The molecule has 0 radical (unpaired) electrons. The Bertz CT molecular complexity index is 737. The third-order valence-corrected chi connectivity index (χ3v) is 6.42. The van der Waals surface area contributed by atoms with Crippen LogP contribution in [0.25, 0.3) is 0 Å². The minimum absolute atomic E-state index is 0.0887. The molecular formula is C18H26N2O5S. The van der Waals surface area contributed by atoms with Crippen LogP contribution in [0.1, 0.15) is 25.3 Å². The zero-order valence-electron chi connectivity index (χ0n) is 15.5. The normalized spacial score (nSPS) is 16.3. The summed E-state index contributed by atoms with van der Waals surface area (Å²) in [4.78, 5) is 25.6. The van der Waals surface area contributed by atoms with E-state index in [1.807, 2.05) is 6.92 Å². The Morgan fingerprint density at radius 1 is 1.19 bits per heavy atom. The highest BCUT2D eigenvalue weighted by Gasteiger charge is 2.33. The smallest absolute Gasteiger partial charge is 0.325 e. The first-order chi connectivity index (χ1) is 12.3. The number of aryl methyl sites for hydroxylation is 1. The number of nitrogens with zero attached hydrogens (tertiary/aromatic N) is 2. The minimum atomic E-state index is -3.54. The minimum Gasteiger partial charge on any atom is -0.465 e. The van der Waals surface area contributed by atoms with Crippen molar-refractivity contribution in [3.63, 3.8) is 0 Å². The van der Waals surface area contributed by atoms with Gasteiger partial charge in [-0.15, -0.1) is 0 Å². The van der Waals surface area contributed by atoms with Gasteiger partial charge in [-0.2, -0.15) is 4.31 Å². The molecule has 1 aromatic carbocycles. The predicted molar refractivity (Wildman–Crippen MR) is 96.9 cm³/mol. The number of amides is 1. The Balaban J connectivity index is 1.94. The van der Waals surface area contributed by atoms with E-state index < -0.39 is 16.0 Å². The standard InChI is InChI=1S/C18H26N2O5S/c1-4-25-17(21)13-19(3)18(22)15-9-11-20(12-10-15)26(23,24)16-7-5-14(2)6-8-16/h5-8,15H,4,9-13H2,1-3H3. The number of carbonyl (C=O) groups excluding carboxylic acids is 2. The fourth-order valence-electron chi connectivity index (χ4n) is 2.99. The summed E-state index contributed by atoms with van der Waals surface area (Å²) in [6.07, 6.45) is 0.883. The van der Waals surface area contributed by atoms with Crippen LogP contribution < -0.4 is 0 Å². The Labute approximate surface area is 155 Å². The highest BCUT2D eigenvalue weighted by atomic mass is 32.2. The summed E-state index contributed by atoms with van der Waals surface area (Å²) < 4.78 is 31.7. The van der Waals surface area contributed by atoms with Crippen molar-refractivity contribution < 1.29 is 22.7 Å². The van der Waals surface area contributed by atoms with E-state index in [2.05, 4.69) is 0 Å². The summed E-state index contributed by atoms with van der Waals surface area (Å²) >= 11 is 0. The lowest BCUT2D eigenvalue weighted by molar-refractivity contribution is -0.149. The molecule has 0 unspecified atom stereocenters. The van der Waals surface area contributed by atoms with Crippen molar-refractivity contribution >= 4 is 21.9 Å². The fourth-order valence-corrected chi connectivity index (χ4v) is 4.46. The number of likely N-dealkylation sites (N-methyl/N-ethyl adjacent to an activating group) is 1. The number of ether oxygens (including phenoxy) is 1. The van der Waals surface area contributed by atoms with Crippen molar-refractivity contribution in [2.45, 2.75) is 31.6 Å². The van der Waals surface area contributed by atoms with Gasteiger partial charge in [0.05, 0.1) is 11.5 Å². The van der Waals surface area contributed by atoms with Crippen LogP contribution >= 0.6 is 0 Å². The molecule has 7 nitrogen and oxygen atoms in total. The highest BCUT2D eigenvalue weighted by molar-refractivity contribution is 7.89. The molecule has 1 fully saturated rings. The van der Waals surface area contributed by atoms with Crippen LogP contribution in [-0.4, -0.2) is 62.8 Å². The molecule has 1 aliphatic rings. The van der Waals surface area contributed by atoms with E-state index in [9.17, 15) is 18.0 Å². The van der Waals surface area contributed by atoms with E-state index in [1.54, 1.807) is 38.2 Å². The number of esters is 1. The average molecular weight is 382 g/mol. The molecule has 1 heterocycles. The summed E-state index contributed by atoms with van der Waals surface area (Å²) in [5.41, 5.74) is 0.998. The maximum absolute atomic E-state index is 12.7. The lowest BCUT2D eigenvalue weighted by Gasteiger charge is -2.32. The monoisotopic (exact) mass is 382 g/mol. The third-order valence-electron chi connectivity index (χ3n) is 4.51. The van der Waals surface area contributed by atoms with Crippen molar-refractivity contribution in [3.05, 3.63) is 29.8 Å². The van der Waals surface area contributed by atoms with E-state index in [0.29, 0.717) is 25.9 Å². The van der Waals surface area contributed by atoms with Crippen molar-refractivity contribution in [2.24, 2.45) is 5.92 Å². The van der Waals surface area contributed by atoms with Gasteiger partial charge in [0.25, 0.3) is 0 Å². The van der Waals surface area contributed by atoms with Gasteiger partial charge in [-0.25, -0.2) is 8.42 Å². The topological polar surface area (TPSA) is 84.0 Å². The summed E-state index contributed by atoms with van der Waals surface area (Å²) in [5, 5.41) is 0. The number of carbonyl (C=O) groups is 2. The highest BCUT2D eigenvalue weighted by Crippen LogP contribution is 2.25. The van der Waals surface area contributed by atoms with Gasteiger partial charge in [0.15, 0.2) is 0 Å². The number of hydrogen-bond donors (Lipinski definition) is 0. The van der Waals surface area contributed by atoms with Gasteiger partial charge in [0.2, 0.25) is 15.9 Å². The van der Waals surface area contributed by atoms with Crippen LogP contribution in [-0.2, 0) is 24.3 Å². The maximum Gasteiger partial charge on any atom is 0.325 e. The molecule has 0 spiro atoms. The second kappa shape index (κ2) is 8.64. The molecule has 1 saturated heterocycles. The Kier molecular flexibility index (Phi) is 6.77. The van der Waals surface area contributed by atoms with Gasteiger partial charge in [-0.05, 0) is 38.8 Å². The van der Waals surface area contributed by atoms with Crippen LogP contribution in [0.15, 0.2) is 29.2 Å². The molecule has 0 saturated carbocycles. The molecule has 144 valence electrons. The van der Waals surface area contributed by atoms with Crippen LogP contribution in [0.2, 0.25) is 0 Å². The zero-order chi connectivity index (χ0) is 19.3. The summed E-state index contributed by atoms with van der Waals surface area (Å²) in [5.74, 6) is -0.868. The zero-order valence-corrected chi connectivity index (χ0v) is 16.3. The number of hydrogen-bond acceptors (Lipinski definition) is 5. The second-order valence-corrected chi connectivity index (χ2v) is 8.43. The molecule has 0 bridgehead atoms. The molecule has 1 amide bonds. The first-order valence-electron chi connectivity index (χ1n) is 8.73. The Hall–Kier alpha value is -1.93. The molecule has 0 N–H and O–H groups in total. The summed E-state index contributed by atoms with van der Waals surface area (Å²) in [6, 6.07) is 6.76. The third kappa shape index (κ3) is 4.82. The number of sulfonamides is 1. The molecule has 0 aromatic heterocycles. The van der Waals surface area contributed by atoms with Crippen molar-refractivity contribution in [2.75, 3.05) is 33.3 Å². The Morgan fingerprint density at radius 2 is 1.77 bits per heavy atom. The molecule has 1 aromatic rings. The van der Waals surface area contributed by atoms with E-state index >= 15 is 0 Å². The fraction of sp³-hybridized carbons (Fsp3) is 0.556. The van der Waals surface area contributed by atoms with Crippen LogP contribution in [0, 0.1) is 12.8 Å². The van der Waals surface area contributed by atoms with Gasteiger partial charge in [0.1, 0.15) is 6.54 Å². The van der Waals surface area contributed by atoms with E-state index in [0.717, 1.165) is 5.56 Å². The molecular weight excluding hydrogens is 356 g/mol. The van der Waals surface area contributed by atoms with Gasteiger partial charge >= 0.3 is 5.97 Å². The van der Waals surface area contributed by atoms with Crippen molar-refractivity contribution in [1.29, 1.82) is 0 Å². The molecule has 0 atom stereocenters. The van der Waals surface area contributed by atoms with Gasteiger partial charge in [0, 0.05) is 26.1 Å². The lowest BCUT2D eigenvalue weighted by Crippen LogP contribution is -2.44. The molecule has 2 rings (SSSR count). The number of piperidine rings is 1. The first kappa shape index (κ1) is 20.4. The van der Waals surface area contributed by atoms with E-state index in [-0.39, 0.29) is 29.9 Å². The number of benzene rings is 1. The van der Waals surface area contributed by atoms with Crippen LogP contribution in [0.3, 0.4) is 0 Å². The largest absolute Gasteiger partial charge is 0.465 e. The van der Waals surface area contributed by atoms with Crippen LogP contribution in [0.5, 0.6) is 0 Å². The SMILES string of the molecule is CCOC(=O)CN(C)C(=O)C1CCN(S(=O)(=O)c2ccc(C)cc2)CC1. The maximum atomic E-state index is 12.7. The predicted octanol–water partition coefficient (Wildman–Crippen LogP) is 1.42. The molecule has 0 aliphatic carbocycles. The number of rotatable bonds is 6. The Morgan fingerprint density at radius 3 is 2.31 bits per heavy atom. The first-order valence-corrected chi connectivity index (χ1v) is 10.2. The van der Waals surface area contributed by atoms with Gasteiger partial charge < -0.3 is 9.64 Å². The van der Waals surface area contributed by atoms with Gasteiger partial charge in [-0.3, -0.25) is 9.59 Å². The summed E-state index contributed by atoms with van der Waals surface area (Å²) in [7, 11) is -1.98. The molecule has 26 heavy (non-hydrogen) atoms. The van der Waals surface area contributed by atoms with Crippen molar-refractivity contribution in [1.82, 2.24) is 9.21 Å². The van der Waals surface area contributed by atoms with Crippen LogP contribution in [0.4, 0.5) is 0 Å². The van der Waals surface area contributed by atoms with E-state index in [4.69, 9.17) is 4.74 Å². The average Bonchev–Trinajstić information content (AvgIpc) is 2.61. The van der Waals surface area contributed by atoms with E-state index in [1.165, 1.54) is 9.21 Å². The molecule has 8 heteroatoms. The molecule has 1 aliphatic heterocycles. The second-order valence-electron chi connectivity index (χ2n) is 6.49. The quantitative estimate of drug-likeness (QED) is 0.695. The van der Waals surface area contributed by atoms with Crippen molar-refractivity contribution in [3.8, 4) is 0 Å². The summed E-state index contributed by atoms with van der Waals surface area (Å²) in [6.45, 7) is 4.38. The van der Waals surface area contributed by atoms with Gasteiger partial charge in [-0.1, -0.05) is 17.7 Å². The lowest BCUT2D eigenvalue weighted by atomic mass is 9.97.